The normalized spacial score (nSPS) is 11.9. The van der Waals surface area contributed by atoms with Crippen molar-refractivity contribution in [3.8, 4) is 0 Å². The van der Waals surface area contributed by atoms with E-state index in [4.69, 9.17) is 11.5 Å². The summed E-state index contributed by atoms with van der Waals surface area (Å²) in [6.45, 7) is 1.41. The van der Waals surface area contributed by atoms with Crippen molar-refractivity contribution >= 4 is 17.4 Å². The van der Waals surface area contributed by atoms with Gasteiger partial charge in [0.2, 0.25) is 0 Å². The van der Waals surface area contributed by atoms with E-state index in [0.717, 1.165) is 0 Å². The molecular weight excluding hydrogens is 206 g/mol. The average molecular weight is 220 g/mol. The number of Topliss-reactive ketones (excluding diaryl/α,β-unsaturated/α-hetero) is 1. The van der Waals surface area contributed by atoms with Crippen molar-refractivity contribution in [2.24, 2.45) is 11.5 Å². The summed E-state index contributed by atoms with van der Waals surface area (Å²) in [5.41, 5.74) is 11.3. The topological polar surface area (TPSA) is 100 Å². The molecule has 0 spiro atoms. The molecule has 0 heterocycles. The van der Waals surface area contributed by atoms with E-state index in [1.807, 2.05) is 0 Å². The van der Waals surface area contributed by atoms with Gasteiger partial charge in [0.15, 0.2) is 5.78 Å². The average Bonchev–Trinajstić information content (AvgIpc) is 2.28. The number of carbonyl (C=O) groups is 2. The van der Waals surface area contributed by atoms with Crippen LogP contribution in [0.25, 0.3) is 0 Å². The van der Waals surface area contributed by atoms with E-state index >= 15 is 0 Å². The molecule has 1 rings (SSSR count). The Morgan fingerprint density at radius 3 is 2.56 bits per heavy atom. The van der Waals surface area contributed by atoms with Crippen molar-refractivity contribution in [2.45, 2.75) is 13.0 Å². The molecule has 0 bridgehead atoms. The Morgan fingerprint density at radius 2 is 2.00 bits per heavy atom. The van der Waals surface area contributed by atoms with Gasteiger partial charge in [-0.05, 0) is 19.1 Å². The Bertz CT molecular complexity index is 402. The van der Waals surface area contributed by atoms with Crippen molar-refractivity contribution in [3.63, 3.8) is 0 Å². The number of carbonyl (C=O) groups excluding carboxylic acids is 2. The van der Waals surface area contributed by atoms with Crippen molar-refractivity contribution < 1.29 is 9.59 Å². The summed E-state index contributed by atoms with van der Waals surface area (Å²) in [7, 11) is 0. The van der Waals surface area contributed by atoms with E-state index in [1.54, 1.807) is 31.2 Å². The van der Waals surface area contributed by atoms with Crippen LogP contribution in [0.4, 0.5) is 5.69 Å². The second kappa shape index (κ2) is 5.39. The number of amides is 1. The fourth-order valence-electron chi connectivity index (χ4n) is 1.20. The van der Waals surface area contributed by atoms with Crippen LogP contribution in [0.3, 0.4) is 0 Å². The first kappa shape index (κ1) is 12.4. The number of nitrogens with two attached hydrogens (primary N) is 2. The molecule has 1 radical (unpaired) electrons. The quantitative estimate of drug-likeness (QED) is 0.694. The number of rotatable bonds is 4. The standard InChI is InChI=1S/C11H14N3O2/c1-7(13)11(16)8-4-2-3-5-9(8)14-10(15)6-12/h2-5,7H,6,12-13H2,1H3/t7-/m0/s1. The van der Waals surface area contributed by atoms with Gasteiger partial charge in [0.25, 0.3) is 5.91 Å². The maximum atomic E-state index is 11.7. The molecule has 1 aromatic rings. The zero-order valence-corrected chi connectivity index (χ0v) is 9.01. The number of benzene rings is 1. The molecule has 0 aliphatic rings. The van der Waals surface area contributed by atoms with Crippen molar-refractivity contribution in [3.05, 3.63) is 29.8 Å². The van der Waals surface area contributed by atoms with Gasteiger partial charge in [-0.3, -0.25) is 9.59 Å². The number of hydrogen-bond acceptors (Lipinski definition) is 4. The monoisotopic (exact) mass is 220 g/mol. The van der Waals surface area contributed by atoms with Crippen molar-refractivity contribution in [1.29, 1.82) is 0 Å². The van der Waals surface area contributed by atoms with E-state index in [0.29, 0.717) is 11.3 Å². The maximum Gasteiger partial charge on any atom is 0.259 e. The highest BCUT2D eigenvalue weighted by Crippen LogP contribution is 2.16. The highest BCUT2D eigenvalue weighted by Gasteiger charge is 2.16. The summed E-state index contributed by atoms with van der Waals surface area (Å²) in [6, 6.07) is 5.95. The molecular formula is C11H14N3O2. The number of para-hydroxylation sites is 1. The smallest absolute Gasteiger partial charge is 0.259 e. The van der Waals surface area contributed by atoms with Gasteiger partial charge in [-0.1, -0.05) is 12.1 Å². The van der Waals surface area contributed by atoms with Crippen LogP contribution in [0.1, 0.15) is 17.3 Å². The molecule has 1 amide bonds. The van der Waals surface area contributed by atoms with Gasteiger partial charge in [-0.2, -0.15) is 0 Å². The Balaban J connectivity index is 3.00. The van der Waals surface area contributed by atoms with Gasteiger partial charge in [0.1, 0.15) is 0 Å². The molecule has 85 valence electrons. The summed E-state index contributed by atoms with van der Waals surface area (Å²) in [6.07, 6.45) is 0. The minimum Gasteiger partial charge on any atom is -0.322 e. The third kappa shape index (κ3) is 2.88. The molecule has 0 saturated heterocycles. The zero-order chi connectivity index (χ0) is 12.1. The summed E-state index contributed by atoms with van der Waals surface area (Å²) < 4.78 is 0. The second-order valence-corrected chi connectivity index (χ2v) is 3.38. The molecule has 1 atom stereocenters. The van der Waals surface area contributed by atoms with Gasteiger partial charge in [0, 0.05) is 5.56 Å². The summed E-state index contributed by atoms with van der Waals surface area (Å²) in [4.78, 5) is 22.8. The Morgan fingerprint density at radius 1 is 1.38 bits per heavy atom. The highest BCUT2D eigenvalue weighted by atomic mass is 16.2. The number of hydrogen-bond donors (Lipinski definition) is 2. The third-order valence-electron chi connectivity index (χ3n) is 2.00. The van der Waals surface area contributed by atoms with Gasteiger partial charge < -0.3 is 11.5 Å². The van der Waals surface area contributed by atoms with Crippen molar-refractivity contribution in [1.82, 2.24) is 5.32 Å². The Labute approximate surface area is 93.8 Å². The van der Waals surface area contributed by atoms with Crippen LogP contribution in [0.2, 0.25) is 0 Å². The molecule has 16 heavy (non-hydrogen) atoms. The van der Waals surface area contributed by atoms with Crippen LogP contribution in [-0.2, 0) is 4.79 Å². The molecule has 5 nitrogen and oxygen atoms in total. The van der Waals surface area contributed by atoms with E-state index in [-0.39, 0.29) is 12.3 Å². The van der Waals surface area contributed by atoms with E-state index in [1.165, 1.54) is 0 Å². The Kier molecular flexibility index (Phi) is 4.16. The van der Waals surface area contributed by atoms with Gasteiger partial charge in [-0.25, -0.2) is 5.32 Å². The van der Waals surface area contributed by atoms with E-state index in [2.05, 4.69) is 5.32 Å². The van der Waals surface area contributed by atoms with Crippen LogP contribution in [0.5, 0.6) is 0 Å². The minimum absolute atomic E-state index is 0.180. The molecule has 0 fully saturated rings. The Hall–Kier alpha value is -1.72. The molecule has 0 saturated carbocycles. The van der Waals surface area contributed by atoms with Crippen LogP contribution < -0.4 is 16.8 Å². The van der Waals surface area contributed by atoms with Crippen LogP contribution >= 0.6 is 0 Å². The number of ketones is 1. The van der Waals surface area contributed by atoms with Crippen LogP contribution in [0.15, 0.2) is 24.3 Å². The molecule has 5 heteroatoms. The third-order valence-corrected chi connectivity index (χ3v) is 2.00. The molecule has 1 aromatic carbocycles. The molecule has 0 aliphatic heterocycles. The highest BCUT2D eigenvalue weighted by molar-refractivity contribution is 6.04. The lowest BCUT2D eigenvalue weighted by Gasteiger charge is -2.09. The maximum absolute atomic E-state index is 11.7. The van der Waals surface area contributed by atoms with Gasteiger partial charge in [-0.15, -0.1) is 0 Å². The molecule has 4 N–H and O–H groups in total. The fraction of sp³-hybridized carbons (Fsp3) is 0.273. The largest absolute Gasteiger partial charge is 0.322 e. The lowest BCUT2D eigenvalue weighted by Crippen LogP contribution is -2.28. The lowest BCUT2D eigenvalue weighted by atomic mass is 10.0. The summed E-state index contributed by atoms with van der Waals surface area (Å²) in [5, 5.41) is 3.74. The molecule has 0 aromatic heterocycles. The van der Waals surface area contributed by atoms with Crippen LogP contribution in [0, 0.1) is 0 Å². The molecule has 0 aliphatic carbocycles. The van der Waals surface area contributed by atoms with E-state index < -0.39 is 11.9 Å². The molecule has 0 unspecified atom stereocenters. The summed E-state index contributed by atoms with van der Waals surface area (Å²) >= 11 is 0. The zero-order valence-electron chi connectivity index (χ0n) is 9.01. The SMILES string of the molecule is C[C@H](N)C(=O)c1ccccc1[N]C(=O)CN. The summed E-state index contributed by atoms with van der Waals surface area (Å²) in [5.74, 6) is -0.714. The minimum atomic E-state index is -0.621. The van der Waals surface area contributed by atoms with Gasteiger partial charge >= 0.3 is 0 Å². The van der Waals surface area contributed by atoms with Crippen LogP contribution in [-0.4, -0.2) is 24.3 Å². The predicted octanol–water partition coefficient (Wildman–Crippen LogP) is -0.0623. The van der Waals surface area contributed by atoms with Gasteiger partial charge in [0.05, 0.1) is 18.3 Å². The first-order valence-corrected chi connectivity index (χ1v) is 4.89. The van der Waals surface area contributed by atoms with E-state index in [9.17, 15) is 9.59 Å². The first-order valence-electron chi connectivity index (χ1n) is 4.89. The second-order valence-electron chi connectivity index (χ2n) is 3.38. The number of nitrogens with zero attached hydrogens (tertiary/aromatic N) is 1. The lowest BCUT2D eigenvalue weighted by molar-refractivity contribution is -0.118. The van der Waals surface area contributed by atoms with Crippen molar-refractivity contribution in [2.75, 3.05) is 6.54 Å². The predicted molar refractivity (Wildman–Crippen MR) is 60.3 cm³/mol. The first-order chi connectivity index (χ1) is 7.56. The fourth-order valence-corrected chi connectivity index (χ4v) is 1.20.